The van der Waals surface area contributed by atoms with Crippen LogP contribution < -0.4 is 5.73 Å². The minimum Gasteiger partial charge on any atom is -0.330 e. The van der Waals surface area contributed by atoms with Crippen molar-refractivity contribution in [1.82, 2.24) is 0 Å². The number of hydrogen-bond acceptors (Lipinski definition) is 1. The van der Waals surface area contributed by atoms with Gasteiger partial charge in [-0.3, -0.25) is 0 Å². The number of hydrogen-bond donors (Lipinski definition) is 1. The average Bonchev–Trinajstić information content (AvgIpc) is 2.34. The van der Waals surface area contributed by atoms with Gasteiger partial charge in [0.15, 0.2) is 0 Å². The summed E-state index contributed by atoms with van der Waals surface area (Å²) in [6.45, 7) is 5.35. The van der Waals surface area contributed by atoms with Crippen LogP contribution in [0.2, 0.25) is 0 Å². The third-order valence-corrected chi connectivity index (χ3v) is 3.80. The van der Waals surface area contributed by atoms with E-state index in [4.69, 9.17) is 5.73 Å². The molecule has 0 saturated heterocycles. The van der Waals surface area contributed by atoms with E-state index in [1.54, 1.807) is 0 Å². The molecule has 0 bridgehead atoms. The van der Waals surface area contributed by atoms with Crippen LogP contribution in [0.5, 0.6) is 0 Å². The molecule has 0 spiro atoms. The van der Waals surface area contributed by atoms with E-state index in [1.165, 1.54) is 11.1 Å². The standard InChI is InChI=1S/C12H16BrN/c1-12(2)6-8-3-4-9(13)5-10(8)11(12)7-14/h3-5,11H,6-7,14H2,1-2H3. The maximum absolute atomic E-state index is 5.86. The number of fused-ring (bicyclic) bond motifs is 1. The zero-order valence-corrected chi connectivity index (χ0v) is 10.3. The zero-order valence-electron chi connectivity index (χ0n) is 8.68. The number of benzene rings is 1. The van der Waals surface area contributed by atoms with Crippen LogP contribution >= 0.6 is 15.9 Å². The normalized spacial score (nSPS) is 23.6. The Bertz CT molecular complexity index is 357. The van der Waals surface area contributed by atoms with E-state index < -0.39 is 0 Å². The molecule has 0 radical (unpaired) electrons. The molecule has 0 aromatic heterocycles. The van der Waals surface area contributed by atoms with Gasteiger partial charge in [0.05, 0.1) is 0 Å². The lowest BCUT2D eigenvalue weighted by Gasteiger charge is -2.26. The van der Waals surface area contributed by atoms with Gasteiger partial charge in [-0.25, -0.2) is 0 Å². The maximum Gasteiger partial charge on any atom is 0.0178 e. The quantitative estimate of drug-likeness (QED) is 0.818. The maximum atomic E-state index is 5.86. The molecule has 0 fully saturated rings. The van der Waals surface area contributed by atoms with Gasteiger partial charge < -0.3 is 5.73 Å². The summed E-state index contributed by atoms with van der Waals surface area (Å²) >= 11 is 3.52. The first-order valence-electron chi connectivity index (χ1n) is 5.03. The van der Waals surface area contributed by atoms with Gasteiger partial charge in [0.25, 0.3) is 0 Å². The molecule has 1 atom stereocenters. The monoisotopic (exact) mass is 253 g/mol. The molecule has 1 aromatic rings. The first-order valence-corrected chi connectivity index (χ1v) is 5.82. The topological polar surface area (TPSA) is 26.0 Å². The van der Waals surface area contributed by atoms with Crippen LogP contribution in [0, 0.1) is 5.41 Å². The Morgan fingerprint density at radius 2 is 2.21 bits per heavy atom. The summed E-state index contributed by atoms with van der Waals surface area (Å²) in [4.78, 5) is 0. The highest BCUT2D eigenvalue weighted by Gasteiger charge is 2.37. The van der Waals surface area contributed by atoms with E-state index in [0.29, 0.717) is 11.3 Å². The van der Waals surface area contributed by atoms with Crippen LogP contribution in [-0.4, -0.2) is 6.54 Å². The van der Waals surface area contributed by atoms with Crippen molar-refractivity contribution in [3.05, 3.63) is 33.8 Å². The van der Waals surface area contributed by atoms with Gasteiger partial charge in [-0.05, 0) is 41.6 Å². The molecule has 2 N–H and O–H groups in total. The van der Waals surface area contributed by atoms with Gasteiger partial charge in [-0.15, -0.1) is 0 Å². The summed E-state index contributed by atoms with van der Waals surface area (Å²) in [5.41, 5.74) is 9.08. The van der Waals surface area contributed by atoms with Gasteiger partial charge >= 0.3 is 0 Å². The van der Waals surface area contributed by atoms with E-state index in [9.17, 15) is 0 Å². The lowest BCUT2D eigenvalue weighted by Crippen LogP contribution is -2.24. The molecule has 1 aliphatic carbocycles. The first kappa shape index (κ1) is 10.2. The van der Waals surface area contributed by atoms with Crippen LogP contribution in [0.4, 0.5) is 0 Å². The van der Waals surface area contributed by atoms with E-state index in [0.717, 1.165) is 17.4 Å². The van der Waals surface area contributed by atoms with Gasteiger partial charge in [0, 0.05) is 10.4 Å². The minimum atomic E-state index is 0.317. The SMILES string of the molecule is CC1(C)Cc2ccc(Br)cc2C1CN. The molecule has 1 nitrogen and oxygen atoms in total. The second-order valence-corrected chi connectivity index (χ2v) is 5.71. The van der Waals surface area contributed by atoms with Crippen LogP contribution in [-0.2, 0) is 6.42 Å². The second-order valence-electron chi connectivity index (χ2n) is 4.80. The first-order chi connectivity index (χ1) is 6.54. The lowest BCUT2D eigenvalue weighted by atomic mass is 9.80. The Labute approximate surface area is 93.8 Å². The second kappa shape index (κ2) is 3.35. The summed E-state index contributed by atoms with van der Waals surface area (Å²) in [7, 11) is 0. The summed E-state index contributed by atoms with van der Waals surface area (Å²) in [6.07, 6.45) is 1.15. The Hall–Kier alpha value is -0.340. The van der Waals surface area contributed by atoms with Crippen LogP contribution in [0.15, 0.2) is 22.7 Å². The fourth-order valence-corrected chi connectivity index (χ4v) is 2.91. The van der Waals surface area contributed by atoms with Crippen molar-refractivity contribution >= 4 is 15.9 Å². The van der Waals surface area contributed by atoms with Gasteiger partial charge in [-0.2, -0.15) is 0 Å². The van der Waals surface area contributed by atoms with Gasteiger partial charge in [0.1, 0.15) is 0 Å². The molecule has 1 unspecified atom stereocenters. The molecule has 0 saturated carbocycles. The third-order valence-electron chi connectivity index (χ3n) is 3.31. The molecule has 76 valence electrons. The highest BCUT2D eigenvalue weighted by atomic mass is 79.9. The molecule has 1 aromatic carbocycles. The Morgan fingerprint density at radius 3 is 2.86 bits per heavy atom. The van der Waals surface area contributed by atoms with Crippen molar-refractivity contribution in [1.29, 1.82) is 0 Å². The molecule has 14 heavy (non-hydrogen) atoms. The Morgan fingerprint density at radius 1 is 1.50 bits per heavy atom. The molecule has 0 heterocycles. The molecular formula is C12H16BrN. The largest absolute Gasteiger partial charge is 0.330 e. The molecular weight excluding hydrogens is 238 g/mol. The van der Waals surface area contributed by atoms with Crippen molar-refractivity contribution in [2.24, 2.45) is 11.1 Å². The van der Waals surface area contributed by atoms with E-state index in [2.05, 4.69) is 48.0 Å². The van der Waals surface area contributed by atoms with Crippen molar-refractivity contribution in [2.75, 3.05) is 6.54 Å². The summed E-state index contributed by atoms with van der Waals surface area (Å²) in [5.74, 6) is 0.509. The fourth-order valence-electron chi connectivity index (χ4n) is 2.53. The third kappa shape index (κ3) is 1.51. The molecule has 2 rings (SSSR count). The van der Waals surface area contributed by atoms with Gasteiger partial charge in [-0.1, -0.05) is 35.8 Å². The van der Waals surface area contributed by atoms with E-state index >= 15 is 0 Å². The summed E-state index contributed by atoms with van der Waals surface area (Å²) in [5, 5.41) is 0. The van der Waals surface area contributed by atoms with Crippen molar-refractivity contribution in [3.63, 3.8) is 0 Å². The Kier molecular flexibility index (Phi) is 2.44. The van der Waals surface area contributed by atoms with Crippen molar-refractivity contribution in [2.45, 2.75) is 26.2 Å². The lowest BCUT2D eigenvalue weighted by molar-refractivity contribution is 0.318. The molecule has 0 aliphatic heterocycles. The van der Waals surface area contributed by atoms with Crippen LogP contribution in [0.3, 0.4) is 0 Å². The van der Waals surface area contributed by atoms with Crippen LogP contribution in [0.1, 0.15) is 30.9 Å². The smallest absolute Gasteiger partial charge is 0.0178 e. The molecule has 2 heteroatoms. The Balaban J connectivity index is 2.49. The minimum absolute atomic E-state index is 0.317. The van der Waals surface area contributed by atoms with Crippen molar-refractivity contribution in [3.8, 4) is 0 Å². The number of nitrogens with two attached hydrogens (primary N) is 1. The van der Waals surface area contributed by atoms with Crippen LogP contribution in [0.25, 0.3) is 0 Å². The van der Waals surface area contributed by atoms with E-state index in [1.807, 2.05) is 0 Å². The molecule has 1 aliphatic rings. The highest BCUT2D eigenvalue weighted by molar-refractivity contribution is 9.10. The zero-order chi connectivity index (χ0) is 10.3. The molecule has 0 amide bonds. The highest BCUT2D eigenvalue weighted by Crippen LogP contribution is 2.46. The predicted molar refractivity (Wildman–Crippen MR) is 63.4 cm³/mol. The van der Waals surface area contributed by atoms with Crippen molar-refractivity contribution < 1.29 is 0 Å². The van der Waals surface area contributed by atoms with E-state index in [-0.39, 0.29) is 0 Å². The number of halogens is 1. The predicted octanol–water partition coefficient (Wildman–Crippen LogP) is 3.07. The number of rotatable bonds is 1. The van der Waals surface area contributed by atoms with Gasteiger partial charge in [0.2, 0.25) is 0 Å². The average molecular weight is 254 g/mol. The fraction of sp³-hybridized carbons (Fsp3) is 0.500. The summed E-state index contributed by atoms with van der Waals surface area (Å²) < 4.78 is 1.16. The summed E-state index contributed by atoms with van der Waals surface area (Å²) in [6, 6.07) is 6.56.